The van der Waals surface area contributed by atoms with Gasteiger partial charge in [-0.2, -0.15) is 0 Å². The quantitative estimate of drug-likeness (QED) is 0.360. The van der Waals surface area contributed by atoms with Crippen LogP contribution in [0.15, 0.2) is 46.1 Å². The summed E-state index contributed by atoms with van der Waals surface area (Å²) < 4.78 is 5.87. The van der Waals surface area contributed by atoms with E-state index >= 15 is 0 Å². The van der Waals surface area contributed by atoms with Crippen LogP contribution in [0, 0.1) is 0 Å². The monoisotopic (exact) mass is 474 g/mol. The van der Waals surface area contributed by atoms with Crippen molar-refractivity contribution in [3.05, 3.63) is 46.7 Å². The number of hydrogen-bond donors (Lipinski definition) is 2. The van der Waals surface area contributed by atoms with E-state index in [-0.39, 0.29) is 17.6 Å². The molecule has 162 valence electrons. The molecule has 1 saturated carbocycles. The van der Waals surface area contributed by atoms with E-state index in [1.165, 1.54) is 23.1 Å². The van der Waals surface area contributed by atoms with Crippen molar-refractivity contribution in [3.63, 3.8) is 0 Å². The zero-order valence-electron chi connectivity index (χ0n) is 16.9. The van der Waals surface area contributed by atoms with E-state index in [2.05, 4.69) is 20.8 Å². The molecule has 0 unspecified atom stereocenters. The summed E-state index contributed by atoms with van der Waals surface area (Å²) in [5.74, 6) is 0.597. The second-order valence-corrected chi connectivity index (χ2v) is 10.3. The molecular weight excluding hydrogens is 452 g/mol. The number of thiophene rings is 1. The summed E-state index contributed by atoms with van der Waals surface area (Å²) in [4.78, 5) is 26.5. The van der Waals surface area contributed by atoms with Gasteiger partial charge in [0.2, 0.25) is 16.9 Å². The van der Waals surface area contributed by atoms with Crippen LogP contribution in [0.1, 0.15) is 30.6 Å². The van der Waals surface area contributed by atoms with Crippen molar-refractivity contribution in [2.45, 2.75) is 35.4 Å². The van der Waals surface area contributed by atoms with Gasteiger partial charge < -0.3 is 10.1 Å². The molecule has 1 fully saturated rings. The smallest absolute Gasteiger partial charge is 0.237 e. The molecule has 1 aliphatic carbocycles. The molecule has 2 aromatic heterocycles. The zero-order chi connectivity index (χ0) is 21.7. The molecule has 0 atom stereocenters. The molecule has 2 N–H and O–H groups in total. The predicted molar refractivity (Wildman–Crippen MR) is 125 cm³/mol. The van der Waals surface area contributed by atoms with Crippen LogP contribution >= 0.6 is 34.4 Å². The van der Waals surface area contributed by atoms with Crippen molar-refractivity contribution in [3.8, 4) is 5.75 Å². The third kappa shape index (κ3) is 4.91. The van der Waals surface area contributed by atoms with Gasteiger partial charge in [-0.15, -0.1) is 21.5 Å². The van der Waals surface area contributed by atoms with E-state index in [1.54, 1.807) is 30.6 Å². The van der Waals surface area contributed by atoms with Crippen LogP contribution in [0.25, 0.3) is 0 Å². The summed E-state index contributed by atoms with van der Waals surface area (Å²) >= 11 is 4.19. The lowest BCUT2D eigenvalue weighted by atomic mass is 9.83. The van der Waals surface area contributed by atoms with Gasteiger partial charge in [0.25, 0.3) is 0 Å². The zero-order valence-corrected chi connectivity index (χ0v) is 19.4. The van der Waals surface area contributed by atoms with Crippen molar-refractivity contribution >= 4 is 57.1 Å². The van der Waals surface area contributed by atoms with Gasteiger partial charge in [-0.1, -0.05) is 54.1 Å². The largest absolute Gasteiger partial charge is 0.495 e. The molecule has 31 heavy (non-hydrogen) atoms. The van der Waals surface area contributed by atoms with E-state index in [0.717, 1.165) is 30.6 Å². The maximum atomic E-state index is 13.1. The molecule has 0 aliphatic heterocycles. The van der Waals surface area contributed by atoms with Crippen LogP contribution in [0.5, 0.6) is 5.75 Å². The number of carbonyl (C=O) groups is 2. The lowest BCUT2D eigenvalue weighted by molar-refractivity contribution is -0.121. The number of nitrogens with one attached hydrogen (secondary N) is 2. The maximum absolute atomic E-state index is 13.1. The average molecular weight is 475 g/mol. The number of thioether (sulfide) groups is 1. The number of methoxy groups -OCH3 is 1. The predicted octanol–water partition coefficient (Wildman–Crippen LogP) is 4.79. The third-order valence-corrected chi connectivity index (χ3v) is 8.27. The van der Waals surface area contributed by atoms with E-state index in [1.807, 2.05) is 29.6 Å². The first-order valence-electron chi connectivity index (χ1n) is 9.85. The first-order valence-corrected chi connectivity index (χ1v) is 12.5. The number of carbonyl (C=O) groups excluding carboxylic acids is 2. The fourth-order valence-corrected chi connectivity index (χ4v) is 6.24. The van der Waals surface area contributed by atoms with Gasteiger partial charge in [0.1, 0.15) is 5.75 Å². The second kappa shape index (κ2) is 9.80. The van der Waals surface area contributed by atoms with Gasteiger partial charge in [-0.05, 0) is 36.4 Å². The number of nitrogens with zero attached hydrogens (tertiary/aromatic N) is 2. The number of ether oxygens (including phenoxy) is 1. The van der Waals surface area contributed by atoms with Gasteiger partial charge in [-0.25, -0.2) is 0 Å². The Morgan fingerprint density at radius 2 is 1.94 bits per heavy atom. The van der Waals surface area contributed by atoms with Crippen LogP contribution in [-0.2, 0) is 15.0 Å². The van der Waals surface area contributed by atoms with Crippen molar-refractivity contribution < 1.29 is 14.3 Å². The summed E-state index contributed by atoms with van der Waals surface area (Å²) in [5, 5.41) is 16.5. The standard InChI is InChI=1S/C21H22N4O3S3/c1-28-15-8-3-2-7-14(15)22-17(26)13-30-20-25-24-19(31-20)23-18(27)21(10-4-5-11-21)16-9-6-12-29-16/h2-3,6-9,12H,4-5,10-11,13H2,1H3,(H,22,26)(H,23,24,27). The Labute approximate surface area is 192 Å². The van der Waals surface area contributed by atoms with Gasteiger partial charge in [0.15, 0.2) is 4.34 Å². The number of benzene rings is 1. The average Bonchev–Trinajstić information content (AvgIpc) is 3.54. The Bertz CT molecular complexity index is 1050. The fraction of sp³-hybridized carbons (Fsp3) is 0.333. The minimum atomic E-state index is -0.470. The number of rotatable bonds is 8. The summed E-state index contributed by atoms with van der Waals surface area (Å²) in [6, 6.07) is 11.3. The highest BCUT2D eigenvalue weighted by molar-refractivity contribution is 8.01. The Hall–Kier alpha value is -2.43. The molecule has 7 nitrogen and oxygen atoms in total. The molecule has 10 heteroatoms. The molecule has 0 spiro atoms. The van der Waals surface area contributed by atoms with Gasteiger partial charge in [0.05, 0.1) is 24.0 Å². The van der Waals surface area contributed by atoms with Crippen LogP contribution in [0.4, 0.5) is 10.8 Å². The second-order valence-electron chi connectivity index (χ2n) is 7.13. The number of hydrogen-bond acceptors (Lipinski definition) is 8. The normalized spacial score (nSPS) is 14.9. The van der Waals surface area contributed by atoms with Crippen molar-refractivity contribution in [1.29, 1.82) is 0 Å². The third-order valence-electron chi connectivity index (χ3n) is 5.22. The Morgan fingerprint density at radius 3 is 2.68 bits per heavy atom. The van der Waals surface area contributed by atoms with Crippen LogP contribution in [0.2, 0.25) is 0 Å². The van der Waals surface area contributed by atoms with Crippen molar-refractivity contribution in [2.75, 3.05) is 23.5 Å². The van der Waals surface area contributed by atoms with E-state index < -0.39 is 5.41 Å². The molecule has 0 radical (unpaired) electrons. The van der Waals surface area contributed by atoms with Crippen LogP contribution in [-0.4, -0.2) is 34.9 Å². The lowest BCUT2D eigenvalue weighted by Gasteiger charge is -2.25. The van der Waals surface area contributed by atoms with Crippen LogP contribution in [0.3, 0.4) is 0 Å². The molecule has 1 aliphatic rings. The number of amides is 2. The Balaban J connectivity index is 1.34. The summed E-state index contributed by atoms with van der Waals surface area (Å²) in [6.07, 6.45) is 3.79. The van der Waals surface area contributed by atoms with E-state index in [9.17, 15) is 9.59 Å². The number of anilines is 2. The number of para-hydroxylation sites is 2. The molecule has 0 bridgehead atoms. The Morgan fingerprint density at radius 1 is 1.13 bits per heavy atom. The SMILES string of the molecule is COc1ccccc1NC(=O)CSc1nnc(NC(=O)C2(c3cccs3)CCCC2)s1. The van der Waals surface area contributed by atoms with Gasteiger partial charge >= 0.3 is 0 Å². The topological polar surface area (TPSA) is 93.2 Å². The van der Waals surface area contributed by atoms with E-state index in [0.29, 0.717) is 20.9 Å². The molecule has 2 heterocycles. The maximum Gasteiger partial charge on any atom is 0.237 e. The fourth-order valence-electron chi connectivity index (χ4n) is 3.71. The molecule has 3 aromatic rings. The Kier molecular flexibility index (Phi) is 6.89. The lowest BCUT2D eigenvalue weighted by Crippen LogP contribution is -2.37. The molecule has 4 rings (SSSR count). The highest BCUT2D eigenvalue weighted by atomic mass is 32.2. The molecule has 0 saturated heterocycles. The van der Waals surface area contributed by atoms with Crippen LogP contribution < -0.4 is 15.4 Å². The minimum absolute atomic E-state index is 0.0194. The minimum Gasteiger partial charge on any atom is -0.495 e. The summed E-state index contributed by atoms with van der Waals surface area (Å²) in [7, 11) is 1.56. The number of aromatic nitrogens is 2. The van der Waals surface area contributed by atoms with Gasteiger partial charge in [-0.3, -0.25) is 14.9 Å². The molecule has 1 aromatic carbocycles. The van der Waals surface area contributed by atoms with Crippen molar-refractivity contribution in [2.24, 2.45) is 0 Å². The van der Waals surface area contributed by atoms with Crippen molar-refractivity contribution in [1.82, 2.24) is 10.2 Å². The molecule has 2 amide bonds. The summed E-state index contributed by atoms with van der Waals surface area (Å²) in [6.45, 7) is 0. The van der Waals surface area contributed by atoms with Gasteiger partial charge in [0, 0.05) is 4.88 Å². The first-order chi connectivity index (χ1) is 15.1. The highest BCUT2D eigenvalue weighted by Gasteiger charge is 2.43. The van der Waals surface area contributed by atoms with E-state index in [4.69, 9.17) is 4.74 Å². The summed E-state index contributed by atoms with van der Waals surface area (Å²) in [5.41, 5.74) is 0.151. The molecular formula is C21H22N4O3S3. The first kappa shape index (κ1) is 21.8. The highest BCUT2D eigenvalue weighted by Crippen LogP contribution is 2.44.